The number of aromatic nitrogens is 1. The number of pyridine rings is 1. The lowest BCUT2D eigenvalue weighted by atomic mass is 10.0. The summed E-state index contributed by atoms with van der Waals surface area (Å²) in [6.07, 6.45) is 8.40. The molecule has 0 spiro atoms. The van der Waals surface area contributed by atoms with Crippen LogP contribution >= 0.6 is 0 Å². The average molecular weight is 283 g/mol. The third-order valence-electron chi connectivity index (χ3n) is 4.34. The maximum Gasteiger partial charge on any atom is 0.0933 e. The molecule has 0 radical (unpaired) electrons. The van der Waals surface area contributed by atoms with E-state index in [0.717, 1.165) is 11.2 Å². The van der Waals surface area contributed by atoms with E-state index in [1.807, 2.05) is 12.3 Å². The van der Waals surface area contributed by atoms with Crippen molar-refractivity contribution in [3.8, 4) is 0 Å². The van der Waals surface area contributed by atoms with Gasteiger partial charge in [-0.15, -0.1) is 0 Å². The largest absolute Gasteiger partial charge is 0.381 e. The summed E-state index contributed by atoms with van der Waals surface area (Å²) in [5.41, 5.74) is 2.22. The third kappa shape index (κ3) is 3.73. The van der Waals surface area contributed by atoms with Gasteiger partial charge >= 0.3 is 0 Å². The van der Waals surface area contributed by atoms with Gasteiger partial charge in [-0.2, -0.15) is 0 Å². The van der Waals surface area contributed by atoms with Gasteiger partial charge in [-0.1, -0.05) is 31.0 Å². The summed E-state index contributed by atoms with van der Waals surface area (Å²) in [5, 5.41) is 8.53. The first kappa shape index (κ1) is 14.3. The van der Waals surface area contributed by atoms with E-state index < -0.39 is 0 Å². The summed E-state index contributed by atoms with van der Waals surface area (Å²) < 4.78 is 0. The molecule has 112 valence electrons. The molecule has 21 heavy (non-hydrogen) atoms. The average Bonchev–Trinajstić information content (AvgIpc) is 2.76. The predicted molar refractivity (Wildman–Crippen MR) is 89.7 cm³/mol. The lowest BCUT2D eigenvalue weighted by molar-refractivity contribution is 0.456. The van der Waals surface area contributed by atoms with E-state index in [4.69, 9.17) is 0 Å². The summed E-state index contributed by atoms with van der Waals surface area (Å²) in [7, 11) is 0. The minimum absolute atomic E-state index is 0.452. The molecule has 3 heteroatoms. The van der Waals surface area contributed by atoms with Gasteiger partial charge in [-0.3, -0.25) is 4.98 Å². The molecule has 2 N–H and O–H groups in total. The highest BCUT2D eigenvalue weighted by atomic mass is 15.0. The number of hydrogen-bond acceptors (Lipinski definition) is 3. The molecule has 1 saturated heterocycles. The summed E-state index contributed by atoms with van der Waals surface area (Å²) >= 11 is 0. The van der Waals surface area contributed by atoms with Crippen LogP contribution in [0.3, 0.4) is 0 Å². The fourth-order valence-electron chi connectivity index (χ4n) is 3.27. The number of nitrogens with one attached hydrogen (secondary N) is 2. The van der Waals surface area contributed by atoms with Crippen molar-refractivity contribution in [3.63, 3.8) is 0 Å². The molecule has 1 aromatic heterocycles. The van der Waals surface area contributed by atoms with Crippen molar-refractivity contribution in [3.05, 3.63) is 36.5 Å². The Bertz CT molecular complexity index is 568. The monoisotopic (exact) mass is 283 g/mol. The van der Waals surface area contributed by atoms with Crippen molar-refractivity contribution < 1.29 is 0 Å². The molecule has 0 amide bonds. The van der Waals surface area contributed by atoms with Gasteiger partial charge in [0.05, 0.1) is 11.2 Å². The number of benzene rings is 1. The maximum absolute atomic E-state index is 4.52. The lowest BCUT2D eigenvalue weighted by Crippen LogP contribution is -2.33. The molecule has 3 rings (SSSR count). The minimum Gasteiger partial charge on any atom is -0.381 e. The third-order valence-corrected chi connectivity index (χ3v) is 4.34. The first-order chi connectivity index (χ1) is 10.3. The highest BCUT2D eigenvalue weighted by molar-refractivity contribution is 5.90. The Kier molecular flexibility index (Phi) is 4.71. The van der Waals surface area contributed by atoms with Gasteiger partial charge in [0, 0.05) is 23.7 Å². The predicted octanol–water partition coefficient (Wildman–Crippen LogP) is 3.96. The standard InChI is InChI=1S/C18H25N3/c1-14(13-16-9-3-2-4-11-19-16)21-17-10-5-7-15-8-6-12-20-18(15)17/h5-8,10,12,14,16,19,21H,2-4,9,11,13H2,1H3. The van der Waals surface area contributed by atoms with E-state index in [0.29, 0.717) is 12.1 Å². The summed E-state index contributed by atoms with van der Waals surface area (Å²) in [6.45, 7) is 3.45. The molecule has 0 saturated carbocycles. The second kappa shape index (κ2) is 6.90. The van der Waals surface area contributed by atoms with E-state index >= 15 is 0 Å². The van der Waals surface area contributed by atoms with Gasteiger partial charge in [0.1, 0.15) is 0 Å². The first-order valence-electron chi connectivity index (χ1n) is 8.16. The van der Waals surface area contributed by atoms with Gasteiger partial charge in [-0.05, 0) is 44.9 Å². The van der Waals surface area contributed by atoms with Crippen LogP contribution in [-0.2, 0) is 0 Å². The summed E-state index contributed by atoms with van der Waals surface area (Å²) in [6, 6.07) is 11.6. The summed E-state index contributed by atoms with van der Waals surface area (Å²) in [4.78, 5) is 4.52. The SMILES string of the molecule is CC(CC1CCCCCN1)Nc1cccc2cccnc12. The number of anilines is 1. The molecule has 2 unspecified atom stereocenters. The summed E-state index contributed by atoms with van der Waals surface area (Å²) in [5.74, 6) is 0. The Morgan fingerprint density at radius 3 is 3.10 bits per heavy atom. The van der Waals surface area contributed by atoms with Crippen molar-refractivity contribution in [2.24, 2.45) is 0 Å². The zero-order valence-corrected chi connectivity index (χ0v) is 12.8. The molecule has 2 atom stereocenters. The van der Waals surface area contributed by atoms with Crippen LogP contribution in [0.4, 0.5) is 5.69 Å². The van der Waals surface area contributed by atoms with E-state index in [1.54, 1.807) is 0 Å². The number of fused-ring (bicyclic) bond motifs is 1. The van der Waals surface area contributed by atoms with E-state index in [1.165, 1.54) is 44.0 Å². The second-order valence-electron chi connectivity index (χ2n) is 6.16. The molecule has 1 fully saturated rings. The normalized spacial score (nSPS) is 20.9. The van der Waals surface area contributed by atoms with Crippen molar-refractivity contribution >= 4 is 16.6 Å². The Morgan fingerprint density at radius 1 is 1.24 bits per heavy atom. The van der Waals surface area contributed by atoms with Crippen molar-refractivity contribution in [1.29, 1.82) is 0 Å². The number of rotatable bonds is 4. The van der Waals surface area contributed by atoms with Crippen molar-refractivity contribution in [2.75, 3.05) is 11.9 Å². The fraction of sp³-hybridized carbons (Fsp3) is 0.500. The molecule has 0 aliphatic carbocycles. The minimum atomic E-state index is 0.452. The molecule has 2 aromatic rings. The zero-order chi connectivity index (χ0) is 14.5. The second-order valence-corrected chi connectivity index (χ2v) is 6.16. The highest BCUT2D eigenvalue weighted by Crippen LogP contribution is 2.22. The maximum atomic E-state index is 4.52. The van der Waals surface area contributed by atoms with Crippen LogP contribution in [0.15, 0.2) is 36.5 Å². The quantitative estimate of drug-likeness (QED) is 0.892. The first-order valence-corrected chi connectivity index (χ1v) is 8.16. The van der Waals surface area contributed by atoms with Crippen LogP contribution in [-0.4, -0.2) is 23.6 Å². The molecule has 1 aromatic carbocycles. The number of para-hydroxylation sites is 1. The smallest absolute Gasteiger partial charge is 0.0933 e. The lowest BCUT2D eigenvalue weighted by Gasteiger charge is -2.22. The Morgan fingerprint density at radius 2 is 2.14 bits per heavy atom. The number of nitrogens with zero attached hydrogens (tertiary/aromatic N) is 1. The van der Waals surface area contributed by atoms with Gasteiger partial charge in [0.25, 0.3) is 0 Å². The molecule has 2 heterocycles. The van der Waals surface area contributed by atoms with Crippen LogP contribution in [0.5, 0.6) is 0 Å². The van der Waals surface area contributed by atoms with Crippen LogP contribution < -0.4 is 10.6 Å². The van der Waals surface area contributed by atoms with Crippen LogP contribution in [0, 0.1) is 0 Å². The van der Waals surface area contributed by atoms with Gasteiger partial charge in [0.2, 0.25) is 0 Å². The molecule has 1 aliphatic rings. The molecule has 0 bridgehead atoms. The Labute approximate surface area is 127 Å². The Hall–Kier alpha value is -1.61. The van der Waals surface area contributed by atoms with E-state index in [-0.39, 0.29) is 0 Å². The fourth-order valence-corrected chi connectivity index (χ4v) is 3.27. The van der Waals surface area contributed by atoms with Gasteiger partial charge in [0.15, 0.2) is 0 Å². The van der Waals surface area contributed by atoms with Crippen LogP contribution in [0.1, 0.15) is 39.0 Å². The topological polar surface area (TPSA) is 37.0 Å². The van der Waals surface area contributed by atoms with Gasteiger partial charge in [-0.25, -0.2) is 0 Å². The molecule has 1 aliphatic heterocycles. The van der Waals surface area contributed by atoms with Crippen LogP contribution in [0.25, 0.3) is 10.9 Å². The van der Waals surface area contributed by atoms with E-state index in [9.17, 15) is 0 Å². The Balaban J connectivity index is 1.67. The zero-order valence-electron chi connectivity index (χ0n) is 12.8. The van der Waals surface area contributed by atoms with Crippen molar-refractivity contribution in [1.82, 2.24) is 10.3 Å². The van der Waals surface area contributed by atoms with Crippen LogP contribution in [0.2, 0.25) is 0 Å². The van der Waals surface area contributed by atoms with E-state index in [2.05, 4.69) is 46.8 Å². The molecular weight excluding hydrogens is 258 g/mol. The number of hydrogen-bond donors (Lipinski definition) is 2. The molecule has 3 nitrogen and oxygen atoms in total. The van der Waals surface area contributed by atoms with Gasteiger partial charge < -0.3 is 10.6 Å². The van der Waals surface area contributed by atoms with Crippen molar-refractivity contribution in [2.45, 2.75) is 51.1 Å². The molecular formula is C18H25N3. The highest BCUT2D eigenvalue weighted by Gasteiger charge is 2.15.